The largest absolute Gasteiger partial charge is 0.0898 e. The molecule has 1 fully saturated rings. The van der Waals surface area contributed by atoms with Gasteiger partial charge in [-0.2, -0.15) is 0 Å². The summed E-state index contributed by atoms with van der Waals surface area (Å²) in [6, 6.07) is 0. The van der Waals surface area contributed by atoms with Gasteiger partial charge in [-0.1, -0.05) is 36.9 Å². The third kappa shape index (κ3) is 2.40. The minimum absolute atomic E-state index is 0.946. The fraction of sp³-hybridized carbons (Fsp3) is 0.750. The SMILES string of the molecule is CC(Cl)=CCC1CCC1. The summed E-state index contributed by atoms with van der Waals surface area (Å²) in [5, 5.41) is 0.946. The fourth-order valence-electron chi connectivity index (χ4n) is 1.06. The molecule has 0 aromatic rings. The summed E-state index contributed by atoms with van der Waals surface area (Å²) in [5.41, 5.74) is 0. The van der Waals surface area contributed by atoms with Crippen molar-refractivity contribution in [2.75, 3.05) is 0 Å². The molecule has 0 radical (unpaired) electrons. The smallest absolute Gasteiger partial charge is 0.0110 e. The van der Waals surface area contributed by atoms with Gasteiger partial charge in [-0.25, -0.2) is 0 Å². The molecular weight excluding hydrogens is 132 g/mol. The van der Waals surface area contributed by atoms with Gasteiger partial charge in [0.25, 0.3) is 0 Å². The number of hydrogen-bond donors (Lipinski definition) is 0. The van der Waals surface area contributed by atoms with Crippen molar-refractivity contribution in [1.82, 2.24) is 0 Å². The molecule has 0 bridgehead atoms. The van der Waals surface area contributed by atoms with Gasteiger partial charge in [0.1, 0.15) is 0 Å². The third-order valence-electron chi connectivity index (χ3n) is 1.96. The Morgan fingerprint density at radius 1 is 1.67 bits per heavy atom. The number of rotatable bonds is 2. The average molecular weight is 145 g/mol. The summed E-state index contributed by atoms with van der Waals surface area (Å²) in [6.45, 7) is 1.94. The van der Waals surface area contributed by atoms with Gasteiger partial charge in [-0.05, 0) is 19.3 Å². The lowest BCUT2D eigenvalue weighted by atomic mass is 9.83. The van der Waals surface area contributed by atoms with Gasteiger partial charge >= 0.3 is 0 Å². The monoisotopic (exact) mass is 144 g/mol. The predicted molar refractivity (Wildman–Crippen MR) is 41.6 cm³/mol. The van der Waals surface area contributed by atoms with Crippen LogP contribution in [-0.2, 0) is 0 Å². The van der Waals surface area contributed by atoms with E-state index >= 15 is 0 Å². The molecule has 0 heterocycles. The Bertz CT molecular complexity index is 108. The van der Waals surface area contributed by atoms with E-state index in [1.54, 1.807) is 0 Å². The van der Waals surface area contributed by atoms with Crippen molar-refractivity contribution in [2.45, 2.75) is 32.6 Å². The molecule has 0 spiro atoms. The van der Waals surface area contributed by atoms with Crippen LogP contribution < -0.4 is 0 Å². The standard InChI is InChI=1S/C8H13Cl/c1-7(9)5-6-8-3-2-4-8/h5,8H,2-4,6H2,1H3. The highest BCUT2D eigenvalue weighted by Gasteiger charge is 2.15. The van der Waals surface area contributed by atoms with E-state index in [1.165, 1.54) is 25.7 Å². The van der Waals surface area contributed by atoms with Crippen molar-refractivity contribution in [3.05, 3.63) is 11.1 Å². The molecule has 1 aliphatic carbocycles. The summed E-state index contributed by atoms with van der Waals surface area (Å²) in [7, 11) is 0. The van der Waals surface area contributed by atoms with Crippen LogP contribution in [0.5, 0.6) is 0 Å². The molecule has 0 unspecified atom stereocenters. The predicted octanol–water partition coefficient (Wildman–Crippen LogP) is 3.32. The first kappa shape index (κ1) is 7.14. The summed E-state index contributed by atoms with van der Waals surface area (Å²) >= 11 is 5.66. The fourth-order valence-corrected chi connectivity index (χ4v) is 1.15. The van der Waals surface area contributed by atoms with E-state index < -0.39 is 0 Å². The maximum Gasteiger partial charge on any atom is 0.0110 e. The summed E-state index contributed by atoms with van der Waals surface area (Å²) in [5.74, 6) is 0.957. The topological polar surface area (TPSA) is 0 Å². The van der Waals surface area contributed by atoms with Gasteiger partial charge in [0.2, 0.25) is 0 Å². The van der Waals surface area contributed by atoms with Gasteiger partial charge in [0.15, 0.2) is 0 Å². The van der Waals surface area contributed by atoms with E-state index in [4.69, 9.17) is 11.6 Å². The summed E-state index contributed by atoms with van der Waals surface area (Å²) < 4.78 is 0. The van der Waals surface area contributed by atoms with Crippen LogP contribution in [0, 0.1) is 5.92 Å². The second kappa shape index (κ2) is 3.26. The molecule has 0 N–H and O–H groups in total. The molecule has 0 nitrogen and oxygen atoms in total. The molecule has 0 aromatic heterocycles. The Hall–Kier alpha value is 0.0300. The molecule has 52 valence electrons. The van der Waals surface area contributed by atoms with Gasteiger partial charge in [-0.3, -0.25) is 0 Å². The van der Waals surface area contributed by atoms with Crippen molar-refractivity contribution in [2.24, 2.45) is 5.92 Å². The summed E-state index contributed by atoms with van der Waals surface area (Å²) in [4.78, 5) is 0. The molecule has 1 rings (SSSR count). The molecule has 1 heteroatoms. The lowest BCUT2D eigenvalue weighted by Crippen LogP contribution is -2.09. The first-order valence-electron chi connectivity index (χ1n) is 3.61. The van der Waals surface area contributed by atoms with Crippen LogP contribution in [0.2, 0.25) is 0 Å². The van der Waals surface area contributed by atoms with Crippen molar-refractivity contribution in [3.8, 4) is 0 Å². The lowest BCUT2D eigenvalue weighted by Gasteiger charge is -2.23. The second-order valence-corrected chi connectivity index (χ2v) is 3.42. The van der Waals surface area contributed by atoms with Crippen molar-refractivity contribution in [1.29, 1.82) is 0 Å². The molecule has 1 saturated carbocycles. The Morgan fingerprint density at radius 2 is 2.33 bits per heavy atom. The van der Waals surface area contributed by atoms with Crippen LogP contribution in [0.25, 0.3) is 0 Å². The van der Waals surface area contributed by atoms with E-state index in [-0.39, 0.29) is 0 Å². The van der Waals surface area contributed by atoms with E-state index in [0.717, 1.165) is 11.0 Å². The first-order valence-corrected chi connectivity index (χ1v) is 3.99. The Labute approximate surface area is 61.9 Å². The molecule has 0 aliphatic heterocycles. The first-order chi connectivity index (χ1) is 4.29. The molecule has 0 aromatic carbocycles. The maximum atomic E-state index is 5.66. The highest BCUT2D eigenvalue weighted by Crippen LogP contribution is 2.30. The number of halogens is 1. The zero-order chi connectivity index (χ0) is 6.69. The quantitative estimate of drug-likeness (QED) is 0.558. The molecule has 0 saturated heterocycles. The van der Waals surface area contributed by atoms with E-state index in [2.05, 4.69) is 6.08 Å². The highest BCUT2D eigenvalue weighted by atomic mass is 35.5. The van der Waals surface area contributed by atoms with E-state index in [0.29, 0.717) is 0 Å². The Morgan fingerprint density at radius 3 is 2.67 bits per heavy atom. The molecule has 0 amide bonds. The minimum Gasteiger partial charge on any atom is -0.0898 e. The highest BCUT2D eigenvalue weighted by molar-refractivity contribution is 6.29. The zero-order valence-electron chi connectivity index (χ0n) is 5.86. The molecular formula is C8H13Cl. The Kier molecular flexibility index (Phi) is 2.59. The number of hydrogen-bond acceptors (Lipinski definition) is 0. The molecule has 1 aliphatic rings. The van der Waals surface area contributed by atoms with E-state index in [9.17, 15) is 0 Å². The Balaban J connectivity index is 2.10. The average Bonchev–Trinajstić information content (AvgIpc) is 1.60. The summed E-state index contributed by atoms with van der Waals surface area (Å²) in [6.07, 6.45) is 7.60. The van der Waals surface area contributed by atoms with Crippen LogP contribution in [0.1, 0.15) is 32.6 Å². The minimum atomic E-state index is 0.946. The second-order valence-electron chi connectivity index (χ2n) is 2.82. The van der Waals surface area contributed by atoms with Gasteiger partial charge in [0, 0.05) is 5.03 Å². The van der Waals surface area contributed by atoms with Gasteiger partial charge in [0.05, 0.1) is 0 Å². The van der Waals surface area contributed by atoms with Crippen LogP contribution in [0.4, 0.5) is 0 Å². The van der Waals surface area contributed by atoms with Crippen molar-refractivity contribution >= 4 is 11.6 Å². The maximum absolute atomic E-state index is 5.66. The molecule has 9 heavy (non-hydrogen) atoms. The van der Waals surface area contributed by atoms with Crippen LogP contribution >= 0.6 is 11.6 Å². The third-order valence-corrected chi connectivity index (χ3v) is 2.11. The van der Waals surface area contributed by atoms with Gasteiger partial charge < -0.3 is 0 Å². The van der Waals surface area contributed by atoms with E-state index in [1.807, 2.05) is 6.92 Å². The normalized spacial score (nSPS) is 21.8. The lowest BCUT2D eigenvalue weighted by molar-refractivity contribution is 0.319. The van der Waals surface area contributed by atoms with Crippen LogP contribution in [0.15, 0.2) is 11.1 Å². The van der Waals surface area contributed by atoms with Crippen molar-refractivity contribution < 1.29 is 0 Å². The zero-order valence-corrected chi connectivity index (χ0v) is 6.62. The number of allylic oxidation sites excluding steroid dienone is 2. The van der Waals surface area contributed by atoms with Crippen LogP contribution in [0.3, 0.4) is 0 Å². The van der Waals surface area contributed by atoms with Crippen molar-refractivity contribution in [3.63, 3.8) is 0 Å². The molecule has 0 atom stereocenters. The van der Waals surface area contributed by atoms with Crippen LogP contribution in [-0.4, -0.2) is 0 Å². The van der Waals surface area contributed by atoms with Gasteiger partial charge in [-0.15, -0.1) is 0 Å².